The number of benzene rings is 1. The molecule has 8 nitrogen and oxygen atoms in total. The Labute approximate surface area is 184 Å². The minimum atomic E-state index is -3.61. The quantitative estimate of drug-likeness (QED) is 0.472. The van der Waals surface area contributed by atoms with Gasteiger partial charge in [0.15, 0.2) is 5.16 Å². The summed E-state index contributed by atoms with van der Waals surface area (Å²) in [6.07, 6.45) is 4.08. The summed E-state index contributed by atoms with van der Waals surface area (Å²) < 4.78 is 39.8. The number of anilines is 2. The predicted octanol–water partition coefficient (Wildman–Crippen LogP) is 3.46. The smallest absolute Gasteiger partial charge is 0.242 e. The number of halogens is 2. The van der Waals surface area contributed by atoms with Crippen molar-refractivity contribution in [2.45, 2.75) is 42.6 Å². The van der Waals surface area contributed by atoms with E-state index >= 15 is 0 Å². The second-order valence-corrected chi connectivity index (χ2v) is 10.7. The Hall–Kier alpha value is -1.69. The number of rotatable bonds is 9. The Bertz CT molecular complexity index is 1010. The van der Waals surface area contributed by atoms with E-state index in [-0.39, 0.29) is 35.0 Å². The Morgan fingerprint density at radius 1 is 1.30 bits per heavy atom. The highest BCUT2D eigenvalue weighted by Crippen LogP contribution is 2.36. The lowest BCUT2D eigenvalue weighted by Gasteiger charge is -2.33. The molecule has 0 bridgehead atoms. The van der Waals surface area contributed by atoms with Crippen LogP contribution in [0.15, 0.2) is 23.4 Å². The molecule has 2 atom stereocenters. The summed E-state index contributed by atoms with van der Waals surface area (Å²) in [5.74, 6) is -0.147. The van der Waals surface area contributed by atoms with Crippen LogP contribution in [0.3, 0.4) is 0 Å². The Kier molecular flexibility index (Phi) is 7.38. The van der Waals surface area contributed by atoms with Crippen LogP contribution in [-0.2, 0) is 10.0 Å². The molecule has 0 spiro atoms. The summed E-state index contributed by atoms with van der Waals surface area (Å²) >= 11 is 6.97. The van der Waals surface area contributed by atoms with E-state index in [9.17, 15) is 17.9 Å². The van der Waals surface area contributed by atoms with Gasteiger partial charge in [0.25, 0.3) is 0 Å². The topological polar surface area (TPSA) is 117 Å². The average molecular weight is 476 g/mol. The number of hydrogen-bond donors (Lipinski definition) is 3. The van der Waals surface area contributed by atoms with Gasteiger partial charge in [-0.05, 0) is 37.8 Å². The van der Waals surface area contributed by atoms with Crippen molar-refractivity contribution in [1.82, 2.24) is 15.0 Å². The minimum absolute atomic E-state index is 0.0972. The van der Waals surface area contributed by atoms with Crippen molar-refractivity contribution >= 4 is 45.3 Å². The first-order chi connectivity index (χ1) is 14.1. The molecule has 12 heteroatoms. The van der Waals surface area contributed by atoms with Crippen LogP contribution in [0.4, 0.5) is 16.3 Å². The molecule has 1 fully saturated rings. The van der Waals surface area contributed by atoms with Crippen molar-refractivity contribution in [2.24, 2.45) is 5.92 Å². The largest absolute Gasteiger partial charge is 0.394 e. The van der Waals surface area contributed by atoms with Crippen molar-refractivity contribution in [2.75, 3.05) is 22.9 Å². The second-order valence-electron chi connectivity index (χ2n) is 7.19. The van der Waals surface area contributed by atoms with E-state index in [2.05, 4.69) is 25.0 Å². The van der Waals surface area contributed by atoms with Gasteiger partial charge in [-0.25, -0.2) is 12.8 Å². The summed E-state index contributed by atoms with van der Waals surface area (Å²) in [4.78, 5) is 12.6. The summed E-state index contributed by atoms with van der Waals surface area (Å²) in [6, 6.07) is 4.17. The highest BCUT2D eigenvalue weighted by Gasteiger charge is 2.28. The number of aromatic nitrogens is 3. The summed E-state index contributed by atoms with van der Waals surface area (Å²) in [7, 11) is -3.61. The lowest BCUT2D eigenvalue weighted by Crippen LogP contribution is -2.37. The number of thioether (sulfide) groups is 1. The van der Waals surface area contributed by atoms with Gasteiger partial charge in [0.2, 0.25) is 21.9 Å². The molecule has 3 N–H and O–H groups in total. The van der Waals surface area contributed by atoms with Crippen LogP contribution in [0, 0.1) is 11.7 Å². The molecule has 1 aliphatic carbocycles. The fourth-order valence-electron chi connectivity index (χ4n) is 3.06. The number of aliphatic hydroxyl groups excluding tert-OH is 1. The van der Waals surface area contributed by atoms with Crippen LogP contribution in [0.25, 0.3) is 0 Å². The maximum Gasteiger partial charge on any atom is 0.242 e. The standard InChI is InChI=1S/C18H23ClFN5O3S2/c1-10(13-7-6-12(19)8-14(13)20)29-18-23-16(21-15(9-26)11-4-3-5-11)22-17(24-18)25-30(2,27)28/h6-8,10-11,15,26H,3-5,9H2,1-2H3,(H2,21,22,23,24,25)/t10?,15-/m0/s1. The third kappa shape index (κ3) is 6.16. The van der Waals surface area contributed by atoms with Crippen molar-refractivity contribution in [1.29, 1.82) is 0 Å². The first kappa shape index (κ1) is 23.0. The van der Waals surface area contributed by atoms with Gasteiger partial charge in [-0.1, -0.05) is 35.9 Å². The van der Waals surface area contributed by atoms with E-state index < -0.39 is 15.8 Å². The highest BCUT2D eigenvalue weighted by molar-refractivity contribution is 7.99. The third-order valence-corrected chi connectivity index (χ3v) is 6.59. The molecule has 1 aromatic heterocycles. The number of hydrogen-bond acceptors (Lipinski definition) is 8. The number of nitrogens with zero attached hydrogens (tertiary/aromatic N) is 3. The third-order valence-electron chi connectivity index (χ3n) is 4.80. The maximum absolute atomic E-state index is 14.3. The monoisotopic (exact) mass is 475 g/mol. The molecule has 1 unspecified atom stereocenters. The molecule has 0 aliphatic heterocycles. The lowest BCUT2D eigenvalue weighted by molar-refractivity contribution is 0.186. The SMILES string of the molecule is CC(Sc1nc(N[C@@H](CO)C2CCC2)nc(NS(C)(=O)=O)n1)c1ccc(Cl)cc1F. The van der Waals surface area contributed by atoms with Crippen LogP contribution < -0.4 is 10.0 Å². The van der Waals surface area contributed by atoms with Crippen molar-refractivity contribution in [3.63, 3.8) is 0 Å². The molecule has 0 radical (unpaired) electrons. The predicted molar refractivity (Wildman–Crippen MR) is 116 cm³/mol. The summed E-state index contributed by atoms with van der Waals surface area (Å²) in [5, 5.41) is 12.9. The molecule has 1 saturated carbocycles. The molecule has 0 saturated heterocycles. The van der Waals surface area contributed by atoms with E-state index in [1.165, 1.54) is 6.07 Å². The molecule has 0 amide bonds. The van der Waals surface area contributed by atoms with Gasteiger partial charge in [-0.2, -0.15) is 15.0 Å². The zero-order valence-corrected chi connectivity index (χ0v) is 18.9. The normalized spacial score (nSPS) is 16.6. The van der Waals surface area contributed by atoms with Gasteiger partial charge in [-0.3, -0.25) is 4.72 Å². The molecule has 164 valence electrons. The summed E-state index contributed by atoms with van der Waals surface area (Å²) in [6.45, 7) is 1.68. The van der Waals surface area contributed by atoms with Crippen LogP contribution in [0.2, 0.25) is 5.02 Å². The van der Waals surface area contributed by atoms with Gasteiger partial charge in [0.1, 0.15) is 5.82 Å². The molecule has 1 aromatic carbocycles. The number of nitrogens with one attached hydrogen (secondary N) is 2. The van der Waals surface area contributed by atoms with E-state index in [0.29, 0.717) is 16.5 Å². The molecule has 2 aromatic rings. The van der Waals surface area contributed by atoms with Gasteiger partial charge in [0, 0.05) is 15.8 Å². The van der Waals surface area contributed by atoms with Gasteiger partial charge < -0.3 is 10.4 Å². The molecule has 1 aliphatic rings. The molecule has 1 heterocycles. The maximum atomic E-state index is 14.3. The van der Waals surface area contributed by atoms with Crippen molar-refractivity contribution < 1.29 is 17.9 Å². The first-order valence-corrected chi connectivity index (χ1v) is 12.5. The fourth-order valence-corrected chi connectivity index (χ4v) is 4.55. The van der Waals surface area contributed by atoms with Crippen LogP contribution in [0.5, 0.6) is 0 Å². The zero-order valence-electron chi connectivity index (χ0n) is 16.5. The number of aliphatic hydroxyl groups is 1. The minimum Gasteiger partial charge on any atom is -0.394 e. The second kappa shape index (κ2) is 9.63. The first-order valence-electron chi connectivity index (χ1n) is 9.37. The van der Waals surface area contributed by atoms with Crippen LogP contribution in [-0.4, -0.2) is 47.4 Å². The van der Waals surface area contributed by atoms with E-state index in [1.54, 1.807) is 19.1 Å². The van der Waals surface area contributed by atoms with Crippen LogP contribution >= 0.6 is 23.4 Å². The van der Waals surface area contributed by atoms with E-state index in [4.69, 9.17) is 11.6 Å². The van der Waals surface area contributed by atoms with Crippen molar-refractivity contribution in [3.8, 4) is 0 Å². The summed E-state index contributed by atoms with van der Waals surface area (Å²) in [5.41, 5.74) is 0.416. The van der Waals surface area contributed by atoms with Crippen molar-refractivity contribution in [3.05, 3.63) is 34.6 Å². The van der Waals surface area contributed by atoms with E-state index in [0.717, 1.165) is 37.3 Å². The molecular formula is C18H23ClFN5O3S2. The lowest BCUT2D eigenvalue weighted by atomic mass is 9.80. The fraction of sp³-hybridized carbons (Fsp3) is 0.500. The Balaban J connectivity index is 1.86. The average Bonchev–Trinajstić information content (AvgIpc) is 2.57. The highest BCUT2D eigenvalue weighted by atomic mass is 35.5. The molecular weight excluding hydrogens is 453 g/mol. The molecule has 3 rings (SSSR count). The Morgan fingerprint density at radius 3 is 2.57 bits per heavy atom. The molecule has 30 heavy (non-hydrogen) atoms. The number of sulfonamides is 1. The van der Waals surface area contributed by atoms with Gasteiger partial charge in [-0.15, -0.1) is 0 Å². The van der Waals surface area contributed by atoms with E-state index in [1.807, 2.05) is 0 Å². The Morgan fingerprint density at radius 2 is 2.00 bits per heavy atom. The van der Waals surface area contributed by atoms with Crippen LogP contribution in [0.1, 0.15) is 37.0 Å². The zero-order chi connectivity index (χ0) is 21.9. The van der Waals surface area contributed by atoms with Gasteiger partial charge in [0.05, 0.1) is 18.9 Å². The van der Waals surface area contributed by atoms with Gasteiger partial charge >= 0.3 is 0 Å².